The number of hydrogen-bond acceptors (Lipinski definition) is 9. The molecule has 0 saturated heterocycles. The van der Waals surface area contributed by atoms with E-state index in [1.807, 2.05) is 48.5 Å². The topological polar surface area (TPSA) is 116 Å². The van der Waals surface area contributed by atoms with Crippen LogP contribution in [0.25, 0.3) is 22.9 Å². The van der Waals surface area contributed by atoms with E-state index in [4.69, 9.17) is 33.6 Å². The van der Waals surface area contributed by atoms with E-state index in [-0.39, 0.29) is 13.2 Å². The molecular weight excluding hydrogens is 404 g/mol. The van der Waals surface area contributed by atoms with E-state index < -0.39 is 0 Å². The second kappa shape index (κ2) is 12.7. The van der Waals surface area contributed by atoms with Crippen LogP contribution >= 0.6 is 0 Å². The molecule has 0 aliphatic heterocycles. The van der Waals surface area contributed by atoms with Crippen molar-refractivity contribution in [3.05, 3.63) is 48.5 Å². The highest BCUT2D eigenvalue weighted by molar-refractivity contribution is 5.59. The Hall–Kier alpha value is -2.98. The molecule has 9 nitrogen and oxygen atoms in total. The fourth-order valence-electron chi connectivity index (χ4n) is 2.61. The van der Waals surface area contributed by atoms with Crippen molar-refractivity contribution in [3.63, 3.8) is 0 Å². The minimum Gasteiger partial charge on any atom is -0.491 e. The molecule has 3 rings (SSSR count). The Morgan fingerprint density at radius 2 is 1.00 bits per heavy atom. The molecule has 0 spiro atoms. The van der Waals surface area contributed by atoms with Gasteiger partial charge in [-0.25, -0.2) is 0 Å². The standard InChI is InChI=1S/C22H26N2O7/c25-9-11-27-13-15-29-19-5-1-17(2-6-19)21-23-24-22(31-21)18-3-7-20(8-4-18)30-16-14-28-12-10-26/h1-8,25-26H,9-16H2. The third-order valence-electron chi connectivity index (χ3n) is 4.09. The molecular formula is C22H26N2O7. The summed E-state index contributed by atoms with van der Waals surface area (Å²) in [6, 6.07) is 14.7. The molecule has 0 amide bonds. The van der Waals surface area contributed by atoms with Gasteiger partial charge in [0.25, 0.3) is 0 Å². The average molecular weight is 430 g/mol. The Morgan fingerprint density at radius 3 is 1.39 bits per heavy atom. The van der Waals surface area contributed by atoms with Gasteiger partial charge < -0.3 is 33.6 Å². The summed E-state index contributed by atoms with van der Waals surface area (Å²) in [6.07, 6.45) is 0. The van der Waals surface area contributed by atoms with Crippen LogP contribution < -0.4 is 9.47 Å². The minimum absolute atomic E-state index is 0.000340. The second-order valence-electron chi connectivity index (χ2n) is 6.33. The summed E-state index contributed by atoms with van der Waals surface area (Å²) in [5.74, 6) is 2.23. The normalized spacial score (nSPS) is 10.9. The third-order valence-corrected chi connectivity index (χ3v) is 4.09. The van der Waals surface area contributed by atoms with Crippen LogP contribution in [0.2, 0.25) is 0 Å². The van der Waals surface area contributed by atoms with Crippen molar-refractivity contribution >= 4 is 0 Å². The van der Waals surface area contributed by atoms with Gasteiger partial charge in [-0.05, 0) is 48.5 Å². The molecule has 0 bridgehead atoms. The lowest BCUT2D eigenvalue weighted by atomic mass is 10.2. The third kappa shape index (κ3) is 7.34. The Labute approximate surface area is 180 Å². The van der Waals surface area contributed by atoms with Crippen LogP contribution in [0.15, 0.2) is 52.9 Å². The zero-order valence-electron chi connectivity index (χ0n) is 17.1. The lowest BCUT2D eigenvalue weighted by Crippen LogP contribution is -2.08. The lowest BCUT2D eigenvalue weighted by Gasteiger charge is -2.07. The molecule has 0 radical (unpaired) electrons. The first-order valence-corrected chi connectivity index (χ1v) is 9.97. The quantitative estimate of drug-likeness (QED) is 0.371. The smallest absolute Gasteiger partial charge is 0.248 e. The molecule has 31 heavy (non-hydrogen) atoms. The van der Waals surface area contributed by atoms with E-state index in [9.17, 15) is 0 Å². The predicted molar refractivity (Wildman–Crippen MR) is 112 cm³/mol. The largest absolute Gasteiger partial charge is 0.491 e. The molecule has 0 saturated carbocycles. The van der Waals surface area contributed by atoms with Gasteiger partial charge in [-0.1, -0.05) is 0 Å². The molecule has 3 aromatic rings. The van der Waals surface area contributed by atoms with Crippen molar-refractivity contribution in [2.75, 3.05) is 52.9 Å². The number of rotatable bonds is 14. The highest BCUT2D eigenvalue weighted by Gasteiger charge is 2.11. The number of aliphatic hydroxyl groups excluding tert-OH is 2. The van der Waals surface area contributed by atoms with E-state index in [0.29, 0.717) is 62.9 Å². The second-order valence-corrected chi connectivity index (χ2v) is 6.33. The van der Waals surface area contributed by atoms with Crippen LogP contribution in [-0.2, 0) is 9.47 Å². The van der Waals surface area contributed by atoms with Gasteiger partial charge in [0, 0.05) is 11.1 Å². The molecule has 1 heterocycles. The molecule has 166 valence electrons. The summed E-state index contributed by atoms with van der Waals surface area (Å²) >= 11 is 0. The lowest BCUT2D eigenvalue weighted by molar-refractivity contribution is 0.0705. The van der Waals surface area contributed by atoms with Crippen molar-refractivity contribution < 1.29 is 33.6 Å². The summed E-state index contributed by atoms with van der Waals surface area (Å²) in [5, 5.41) is 25.6. The molecule has 0 atom stereocenters. The minimum atomic E-state index is 0.000340. The van der Waals surface area contributed by atoms with Gasteiger partial charge in [0.15, 0.2) is 0 Å². The van der Waals surface area contributed by atoms with Crippen LogP contribution in [0.5, 0.6) is 11.5 Å². The van der Waals surface area contributed by atoms with E-state index in [0.717, 1.165) is 11.1 Å². The summed E-state index contributed by atoms with van der Waals surface area (Å²) < 4.78 is 27.2. The molecule has 2 N–H and O–H groups in total. The van der Waals surface area contributed by atoms with E-state index in [2.05, 4.69) is 10.2 Å². The van der Waals surface area contributed by atoms with Gasteiger partial charge >= 0.3 is 0 Å². The zero-order chi connectivity index (χ0) is 21.7. The molecule has 0 aliphatic rings. The molecule has 0 unspecified atom stereocenters. The van der Waals surface area contributed by atoms with Gasteiger partial charge in [-0.3, -0.25) is 0 Å². The zero-order valence-corrected chi connectivity index (χ0v) is 17.1. The molecule has 0 fully saturated rings. The number of aliphatic hydroxyl groups is 2. The van der Waals surface area contributed by atoms with Crippen molar-refractivity contribution in [2.24, 2.45) is 0 Å². The van der Waals surface area contributed by atoms with Crippen LogP contribution in [0.4, 0.5) is 0 Å². The van der Waals surface area contributed by atoms with Crippen molar-refractivity contribution in [3.8, 4) is 34.4 Å². The first-order valence-electron chi connectivity index (χ1n) is 9.97. The molecule has 2 aromatic carbocycles. The summed E-state index contributed by atoms with van der Waals surface area (Å²) in [6.45, 7) is 2.24. The van der Waals surface area contributed by atoms with Crippen molar-refractivity contribution in [1.29, 1.82) is 0 Å². The van der Waals surface area contributed by atoms with Crippen LogP contribution in [0.1, 0.15) is 0 Å². The fraction of sp³-hybridized carbons (Fsp3) is 0.364. The van der Waals surface area contributed by atoms with E-state index in [1.54, 1.807) is 0 Å². The first kappa shape index (κ1) is 22.7. The Morgan fingerprint density at radius 1 is 0.581 bits per heavy atom. The first-order chi connectivity index (χ1) is 15.3. The van der Waals surface area contributed by atoms with Gasteiger partial charge in [0.05, 0.1) is 39.6 Å². The number of ether oxygens (including phenoxy) is 4. The highest BCUT2D eigenvalue weighted by Crippen LogP contribution is 2.26. The van der Waals surface area contributed by atoms with Gasteiger partial charge in [-0.2, -0.15) is 0 Å². The Bertz CT molecular complexity index is 810. The number of aromatic nitrogens is 2. The van der Waals surface area contributed by atoms with E-state index >= 15 is 0 Å². The van der Waals surface area contributed by atoms with Gasteiger partial charge in [-0.15, -0.1) is 10.2 Å². The molecule has 9 heteroatoms. The maximum atomic E-state index is 8.66. The van der Waals surface area contributed by atoms with Crippen LogP contribution in [-0.4, -0.2) is 73.3 Å². The SMILES string of the molecule is OCCOCCOc1ccc(-c2nnc(-c3ccc(OCCOCCO)cc3)o2)cc1. The Kier molecular flexibility index (Phi) is 9.27. The number of benzene rings is 2. The summed E-state index contributed by atoms with van der Waals surface area (Å²) in [4.78, 5) is 0. The fourth-order valence-corrected chi connectivity index (χ4v) is 2.61. The molecule has 0 aliphatic carbocycles. The van der Waals surface area contributed by atoms with Crippen LogP contribution in [0.3, 0.4) is 0 Å². The summed E-state index contributed by atoms with van der Waals surface area (Å²) in [5.41, 5.74) is 1.57. The predicted octanol–water partition coefficient (Wildman–Crippen LogP) is 2.18. The van der Waals surface area contributed by atoms with Crippen molar-refractivity contribution in [2.45, 2.75) is 0 Å². The van der Waals surface area contributed by atoms with E-state index in [1.165, 1.54) is 0 Å². The van der Waals surface area contributed by atoms with Crippen LogP contribution in [0, 0.1) is 0 Å². The summed E-state index contributed by atoms with van der Waals surface area (Å²) in [7, 11) is 0. The number of nitrogens with zero attached hydrogens (tertiary/aromatic N) is 2. The Balaban J connectivity index is 1.51. The average Bonchev–Trinajstić information content (AvgIpc) is 3.30. The van der Waals surface area contributed by atoms with Gasteiger partial charge in [0.2, 0.25) is 11.8 Å². The number of hydrogen-bond donors (Lipinski definition) is 2. The molecule has 1 aromatic heterocycles. The maximum Gasteiger partial charge on any atom is 0.248 e. The van der Waals surface area contributed by atoms with Gasteiger partial charge in [0.1, 0.15) is 24.7 Å². The monoisotopic (exact) mass is 430 g/mol. The maximum absolute atomic E-state index is 8.66. The highest BCUT2D eigenvalue weighted by atomic mass is 16.5. The van der Waals surface area contributed by atoms with Crippen molar-refractivity contribution in [1.82, 2.24) is 10.2 Å².